The summed E-state index contributed by atoms with van der Waals surface area (Å²) in [6.07, 6.45) is 3.21. The lowest BCUT2D eigenvalue weighted by Gasteiger charge is -2.22. The van der Waals surface area contributed by atoms with Gasteiger partial charge >= 0.3 is 0 Å². The van der Waals surface area contributed by atoms with Crippen molar-refractivity contribution in [2.75, 3.05) is 46.2 Å². The van der Waals surface area contributed by atoms with Crippen LogP contribution in [-0.2, 0) is 30.3 Å². The molecule has 0 aliphatic carbocycles. The van der Waals surface area contributed by atoms with E-state index in [-0.39, 0.29) is 12.1 Å². The number of Topliss-reactive ketones (excluding diaryl/α,β-unsaturated/α-hetero) is 1. The first-order valence-electron chi connectivity index (χ1n) is 9.32. The van der Waals surface area contributed by atoms with Crippen LogP contribution in [0, 0.1) is 0 Å². The Bertz CT molecular complexity index is 513. The van der Waals surface area contributed by atoms with Crippen molar-refractivity contribution >= 4 is 5.78 Å². The third-order valence-corrected chi connectivity index (χ3v) is 4.02. The van der Waals surface area contributed by atoms with Gasteiger partial charge in [0.25, 0.3) is 0 Å². The molecule has 6 nitrogen and oxygen atoms in total. The molecule has 1 aliphatic heterocycles. The minimum atomic E-state index is -0.0584. The molecule has 6 heteroatoms. The molecule has 0 spiro atoms. The largest absolute Gasteiger partial charge is 0.377 e. The third-order valence-electron chi connectivity index (χ3n) is 4.02. The molecule has 1 saturated heterocycles. The van der Waals surface area contributed by atoms with E-state index in [0.29, 0.717) is 51.8 Å². The number of rotatable bonds is 13. The summed E-state index contributed by atoms with van der Waals surface area (Å²) in [5, 5.41) is 0. The van der Waals surface area contributed by atoms with Crippen LogP contribution in [0.2, 0.25) is 0 Å². The van der Waals surface area contributed by atoms with Gasteiger partial charge in [0, 0.05) is 12.2 Å². The Morgan fingerprint density at radius 1 is 1.04 bits per heavy atom. The normalized spacial score (nSPS) is 17.3. The van der Waals surface area contributed by atoms with Gasteiger partial charge in [-0.3, -0.25) is 4.79 Å². The van der Waals surface area contributed by atoms with Crippen molar-refractivity contribution in [3.05, 3.63) is 35.4 Å². The van der Waals surface area contributed by atoms with Crippen molar-refractivity contribution in [1.29, 1.82) is 0 Å². The van der Waals surface area contributed by atoms with Crippen LogP contribution in [0.1, 0.15) is 42.1 Å². The Morgan fingerprint density at radius 2 is 1.77 bits per heavy atom. The first-order valence-corrected chi connectivity index (χ1v) is 9.32. The van der Waals surface area contributed by atoms with Gasteiger partial charge in [-0.25, -0.2) is 0 Å². The number of hydrogen-bond acceptors (Lipinski definition) is 6. The van der Waals surface area contributed by atoms with Gasteiger partial charge < -0.3 is 23.7 Å². The standard InChI is InChI=1S/C20H30O6/c1-17(21)19-6-4-5-18(15-19)16-24-12-11-22-9-10-23-13-14-26-20-7-2-3-8-25-20/h4-6,15,20H,2-3,7-14,16H2,1H3. The van der Waals surface area contributed by atoms with E-state index in [1.807, 2.05) is 24.3 Å². The smallest absolute Gasteiger partial charge is 0.159 e. The van der Waals surface area contributed by atoms with Gasteiger partial charge in [-0.15, -0.1) is 0 Å². The topological polar surface area (TPSA) is 63.2 Å². The summed E-state index contributed by atoms with van der Waals surface area (Å²) in [4.78, 5) is 11.3. The monoisotopic (exact) mass is 366 g/mol. The van der Waals surface area contributed by atoms with Gasteiger partial charge in [-0.2, -0.15) is 0 Å². The summed E-state index contributed by atoms with van der Waals surface area (Å²) in [7, 11) is 0. The van der Waals surface area contributed by atoms with Crippen LogP contribution in [0.4, 0.5) is 0 Å². The molecule has 0 N–H and O–H groups in total. The summed E-state index contributed by atoms with van der Waals surface area (Å²) < 4.78 is 27.5. The summed E-state index contributed by atoms with van der Waals surface area (Å²) >= 11 is 0. The van der Waals surface area contributed by atoms with Crippen molar-refractivity contribution in [3.63, 3.8) is 0 Å². The van der Waals surface area contributed by atoms with Gasteiger partial charge in [0.05, 0.1) is 46.2 Å². The quantitative estimate of drug-likeness (QED) is 0.395. The molecule has 1 atom stereocenters. The van der Waals surface area contributed by atoms with Crippen molar-refractivity contribution in [2.45, 2.75) is 39.1 Å². The van der Waals surface area contributed by atoms with Gasteiger partial charge in [0.2, 0.25) is 0 Å². The molecule has 1 aromatic rings. The fourth-order valence-corrected chi connectivity index (χ4v) is 2.59. The number of hydrogen-bond donors (Lipinski definition) is 0. The fraction of sp³-hybridized carbons (Fsp3) is 0.650. The lowest BCUT2D eigenvalue weighted by molar-refractivity contribution is -0.169. The van der Waals surface area contributed by atoms with E-state index in [1.165, 1.54) is 6.42 Å². The predicted octanol–water partition coefficient (Wildman–Crippen LogP) is 2.98. The molecular formula is C20H30O6. The molecule has 0 amide bonds. The zero-order valence-corrected chi connectivity index (χ0v) is 15.6. The fourth-order valence-electron chi connectivity index (χ4n) is 2.59. The molecule has 146 valence electrons. The second kappa shape index (κ2) is 12.9. The van der Waals surface area contributed by atoms with E-state index in [9.17, 15) is 4.79 Å². The van der Waals surface area contributed by atoms with Crippen molar-refractivity contribution in [1.82, 2.24) is 0 Å². The molecule has 0 radical (unpaired) electrons. The minimum absolute atomic E-state index is 0.0584. The first-order chi connectivity index (χ1) is 12.8. The second-order valence-electron chi connectivity index (χ2n) is 6.20. The van der Waals surface area contributed by atoms with Crippen LogP contribution in [0.25, 0.3) is 0 Å². The van der Waals surface area contributed by atoms with Gasteiger partial charge in [0.15, 0.2) is 12.1 Å². The number of ketones is 1. The average molecular weight is 366 g/mol. The summed E-state index contributed by atoms with van der Waals surface area (Å²) in [6.45, 7) is 6.02. The first kappa shape index (κ1) is 21.0. The molecule has 0 aromatic heterocycles. The summed E-state index contributed by atoms with van der Waals surface area (Å²) in [6, 6.07) is 7.48. The zero-order chi connectivity index (χ0) is 18.5. The average Bonchev–Trinajstić information content (AvgIpc) is 2.67. The van der Waals surface area contributed by atoms with E-state index >= 15 is 0 Å². The molecule has 1 unspecified atom stereocenters. The lowest BCUT2D eigenvalue weighted by atomic mass is 10.1. The van der Waals surface area contributed by atoms with Crippen LogP contribution in [0.15, 0.2) is 24.3 Å². The highest BCUT2D eigenvalue weighted by atomic mass is 16.7. The van der Waals surface area contributed by atoms with Crippen LogP contribution < -0.4 is 0 Å². The van der Waals surface area contributed by atoms with E-state index in [1.54, 1.807) is 6.92 Å². The van der Waals surface area contributed by atoms with Crippen molar-refractivity contribution < 1.29 is 28.5 Å². The number of ether oxygens (including phenoxy) is 5. The van der Waals surface area contributed by atoms with Crippen LogP contribution >= 0.6 is 0 Å². The maximum atomic E-state index is 11.3. The predicted molar refractivity (Wildman–Crippen MR) is 97.3 cm³/mol. The van der Waals surface area contributed by atoms with Crippen molar-refractivity contribution in [2.24, 2.45) is 0 Å². The molecule has 0 bridgehead atoms. The molecular weight excluding hydrogens is 336 g/mol. The Kier molecular flexibility index (Phi) is 10.5. The van der Waals surface area contributed by atoms with Crippen LogP contribution in [-0.4, -0.2) is 58.3 Å². The second-order valence-corrected chi connectivity index (χ2v) is 6.20. The molecule has 2 rings (SSSR count). The molecule has 26 heavy (non-hydrogen) atoms. The molecule has 1 aliphatic rings. The summed E-state index contributed by atoms with van der Waals surface area (Å²) in [5.41, 5.74) is 1.70. The molecule has 1 aromatic carbocycles. The lowest BCUT2D eigenvalue weighted by Crippen LogP contribution is -2.24. The molecule has 1 heterocycles. The van der Waals surface area contributed by atoms with E-state index in [4.69, 9.17) is 23.7 Å². The van der Waals surface area contributed by atoms with Gasteiger partial charge in [0.1, 0.15) is 0 Å². The van der Waals surface area contributed by atoms with Gasteiger partial charge in [-0.1, -0.05) is 18.2 Å². The highest BCUT2D eigenvalue weighted by Crippen LogP contribution is 2.13. The highest BCUT2D eigenvalue weighted by molar-refractivity contribution is 5.94. The molecule has 1 fully saturated rings. The number of carbonyl (C=O) groups is 1. The molecule has 0 saturated carbocycles. The maximum Gasteiger partial charge on any atom is 0.159 e. The Balaban J connectivity index is 1.38. The Labute approximate surface area is 155 Å². The maximum absolute atomic E-state index is 11.3. The minimum Gasteiger partial charge on any atom is -0.377 e. The third kappa shape index (κ3) is 8.87. The van der Waals surface area contributed by atoms with Crippen molar-refractivity contribution in [3.8, 4) is 0 Å². The Morgan fingerprint density at radius 3 is 2.46 bits per heavy atom. The summed E-state index contributed by atoms with van der Waals surface area (Å²) in [5.74, 6) is 0.0619. The SMILES string of the molecule is CC(=O)c1cccc(COCCOCCOCCOC2CCCCO2)c1. The van der Waals surface area contributed by atoms with Crippen LogP contribution in [0.3, 0.4) is 0 Å². The van der Waals surface area contributed by atoms with E-state index in [0.717, 1.165) is 25.0 Å². The van der Waals surface area contributed by atoms with Gasteiger partial charge in [-0.05, 0) is 37.8 Å². The van der Waals surface area contributed by atoms with Crippen LogP contribution in [0.5, 0.6) is 0 Å². The van der Waals surface area contributed by atoms with E-state index in [2.05, 4.69) is 0 Å². The highest BCUT2D eigenvalue weighted by Gasteiger charge is 2.13. The Hall–Kier alpha value is -1.31. The zero-order valence-electron chi connectivity index (χ0n) is 15.6. The number of carbonyl (C=O) groups excluding carboxylic acids is 1. The number of benzene rings is 1. The van der Waals surface area contributed by atoms with E-state index < -0.39 is 0 Å².